The quantitative estimate of drug-likeness (QED) is 0.735. The van der Waals surface area contributed by atoms with Crippen molar-refractivity contribution < 1.29 is 8.78 Å². The van der Waals surface area contributed by atoms with E-state index in [9.17, 15) is 8.78 Å². The summed E-state index contributed by atoms with van der Waals surface area (Å²) in [4.78, 5) is 9.67. The number of nitrogens with zero attached hydrogens (tertiary/aromatic N) is 3. The lowest BCUT2D eigenvalue weighted by molar-refractivity contribution is 0.259. The molecular formula is C10H11F2N3S. The monoisotopic (exact) mass is 243 g/mol. The SMILES string of the molecule is CSC1N=c2ccnc(CF)c2=CN1CF. The van der Waals surface area contributed by atoms with Gasteiger partial charge in [0.15, 0.2) is 12.3 Å². The molecule has 1 aliphatic heterocycles. The van der Waals surface area contributed by atoms with Crippen molar-refractivity contribution in [3.05, 3.63) is 28.5 Å². The van der Waals surface area contributed by atoms with Crippen LogP contribution in [0.3, 0.4) is 0 Å². The van der Waals surface area contributed by atoms with Gasteiger partial charge in [0.05, 0.1) is 11.1 Å². The maximum absolute atomic E-state index is 12.8. The van der Waals surface area contributed by atoms with Crippen molar-refractivity contribution in [2.24, 2.45) is 4.99 Å². The Labute approximate surface area is 95.9 Å². The predicted octanol–water partition coefficient (Wildman–Crippen LogP) is 0.798. The van der Waals surface area contributed by atoms with Crippen molar-refractivity contribution in [2.45, 2.75) is 12.2 Å². The van der Waals surface area contributed by atoms with Crippen LogP contribution in [0, 0.1) is 0 Å². The molecule has 0 bridgehead atoms. The maximum Gasteiger partial charge on any atom is 0.171 e. The van der Waals surface area contributed by atoms with Crippen molar-refractivity contribution in [1.29, 1.82) is 0 Å². The predicted molar refractivity (Wildman–Crippen MR) is 59.4 cm³/mol. The standard InChI is InChI=1S/C10H11F2N3S/c1-16-10-14-8-2-3-13-9(4-11)7(8)5-15(10)6-12/h2-3,5,10H,4,6H2,1H3. The van der Waals surface area contributed by atoms with Gasteiger partial charge in [0.25, 0.3) is 0 Å². The first-order valence-electron chi connectivity index (χ1n) is 4.74. The summed E-state index contributed by atoms with van der Waals surface area (Å²) >= 11 is 1.43. The molecule has 0 saturated carbocycles. The summed E-state index contributed by atoms with van der Waals surface area (Å²) in [6, 6.07) is 1.71. The molecule has 0 saturated heterocycles. The van der Waals surface area contributed by atoms with E-state index < -0.39 is 13.5 Å². The molecule has 0 aromatic carbocycles. The summed E-state index contributed by atoms with van der Waals surface area (Å²) < 4.78 is 25.4. The van der Waals surface area contributed by atoms with Crippen LogP contribution in [-0.4, -0.2) is 28.4 Å². The van der Waals surface area contributed by atoms with Crippen molar-refractivity contribution >= 4 is 18.0 Å². The summed E-state index contributed by atoms with van der Waals surface area (Å²) in [6.45, 7) is -1.31. The van der Waals surface area contributed by atoms with Crippen LogP contribution in [0.25, 0.3) is 6.20 Å². The van der Waals surface area contributed by atoms with Crippen LogP contribution in [0.1, 0.15) is 5.69 Å². The van der Waals surface area contributed by atoms with Gasteiger partial charge in [-0.25, -0.2) is 13.8 Å². The third kappa shape index (κ3) is 1.89. The van der Waals surface area contributed by atoms with E-state index in [1.807, 2.05) is 6.26 Å². The van der Waals surface area contributed by atoms with Gasteiger partial charge in [-0.1, -0.05) is 0 Å². The Hall–Kier alpha value is -1.17. The number of pyridine rings is 1. The summed E-state index contributed by atoms with van der Waals surface area (Å²) in [5, 5.41) is 1.25. The van der Waals surface area contributed by atoms with Crippen molar-refractivity contribution in [2.75, 3.05) is 13.1 Å². The van der Waals surface area contributed by atoms with Crippen molar-refractivity contribution in [3.8, 4) is 0 Å². The number of alkyl halides is 2. The molecule has 0 amide bonds. The van der Waals surface area contributed by atoms with E-state index >= 15 is 0 Å². The molecule has 1 aromatic heterocycles. The minimum atomic E-state index is -0.667. The molecule has 2 heterocycles. The molecule has 1 aliphatic rings. The highest BCUT2D eigenvalue weighted by Gasteiger charge is 2.16. The third-order valence-electron chi connectivity index (χ3n) is 2.35. The Morgan fingerprint density at radius 2 is 2.31 bits per heavy atom. The first kappa shape index (κ1) is 11.3. The number of hydrogen-bond acceptors (Lipinski definition) is 4. The number of thioether (sulfide) groups is 1. The summed E-state index contributed by atoms with van der Waals surface area (Å²) in [5.41, 5.74) is 0.0200. The van der Waals surface area contributed by atoms with Crippen LogP contribution in [-0.2, 0) is 6.67 Å². The van der Waals surface area contributed by atoms with Crippen molar-refractivity contribution in [3.63, 3.8) is 0 Å². The average Bonchev–Trinajstić information content (AvgIpc) is 2.36. The summed E-state index contributed by atoms with van der Waals surface area (Å²) in [7, 11) is 0. The second kappa shape index (κ2) is 4.78. The van der Waals surface area contributed by atoms with E-state index in [4.69, 9.17) is 0 Å². The second-order valence-electron chi connectivity index (χ2n) is 3.28. The third-order valence-corrected chi connectivity index (χ3v) is 3.15. The normalized spacial score (nSPS) is 18.7. The van der Waals surface area contributed by atoms with Crippen LogP contribution in [0.5, 0.6) is 0 Å². The molecular weight excluding hydrogens is 232 g/mol. The molecule has 0 aliphatic carbocycles. The molecule has 2 rings (SSSR count). The Morgan fingerprint density at radius 3 is 2.94 bits per heavy atom. The molecule has 6 heteroatoms. The zero-order valence-electron chi connectivity index (χ0n) is 8.73. The number of fused-ring (bicyclic) bond motifs is 1. The number of aromatic nitrogens is 1. The van der Waals surface area contributed by atoms with Gasteiger partial charge in [-0.2, -0.15) is 0 Å². The van der Waals surface area contributed by atoms with Gasteiger partial charge < -0.3 is 4.90 Å². The molecule has 1 atom stereocenters. The fraction of sp³-hybridized carbons (Fsp3) is 0.400. The highest BCUT2D eigenvalue weighted by molar-refractivity contribution is 7.99. The smallest absolute Gasteiger partial charge is 0.171 e. The van der Waals surface area contributed by atoms with Gasteiger partial charge in [0, 0.05) is 17.6 Å². The van der Waals surface area contributed by atoms with E-state index in [1.54, 1.807) is 12.3 Å². The summed E-state index contributed by atoms with van der Waals surface area (Å²) in [5.74, 6) is 0. The zero-order valence-corrected chi connectivity index (χ0v) is 9.55. The molecule has 16 heavy (non-hydrogen) atoms. The van der Waals surface area contributed by atoms with Gasteiger partial charge in [-0.05, 0) is 12.3 Å². The average molecular weight is 243 g/mol. The fourth-order valence-corrected chi connectivity index (χ4v) is 2.18. The van der Waals surface area contributed by atoms with E-state index in [2.05, 4.69) is 9.98 Å². The van der Waals surface area contributed by atoms with Gasteiger partial charge >= 0.3 is 0 Å². The number of hydrogen-bond donors (Lipinski definition) is 0. The Kier molecular flexibility index (Phi) is 3.38. The highest BCUT2D eigenvalue weighted by Crippen LogP contribution is 2.15. The van der Waals surface area contributed by atoms with Gasteiger partial charge in [0.2, 0.25) is 0 Å². The van der Waals surface area contributed by atoms with E-state index in [-0.39, 0.29) is 5.50 Å². The fourth-order valence-electron chi connectivity index (χ4n) is 1.57. The van der Waals surface area contributed by atoms with Crippen LogP contribution in [0.15, 0.2) is 17.3 Å². The van der Waals surface area contributed by atoms with E-state index in [1.165, 1.54) is 22.9 Å². The topological polar surface area (TPSA) is 28.5 Å². The lowest BCUT2D eigenvalue weighted by Gasteiger charge is -2.25. The minimum Gasteiger partial charge on any atom is -0.319 e. The van der Waals surface area contributed by atoms with Gasteiger partial charge in [-0.3, -0.25) is 4.98 Å². The molecule has 0 radical (unpaired) electrons. The van der Waals surface area contributed by atoms with Crippen LogP contribution in [0.2, 0.25) is 0 Å². The molecule has 0 fully saturated rings. The lowest BCUT2D eigenvalue weighted by Crippen LogP contribution is -2.42. The molecule has 3 nitrogen and oxygen atoms in total. The van der Waals surface area contributed by atoms with Crippen LogP contribution >= 0.6 is 11.8 Å². The zero-order chi connectivity index (χ0) is 11.5. The second-order valence-corrected chi connectivity index (χ2v) is 4.17. The van der Waals surface area contributed by atoms with E-state index in [0.717, 1.165) is 0 Å². The highest BCUT2D eigenvalue weighted by atomic mass is 32.2. The Bertz CT molecular complexity index is 491. The van der Waals surface area contributed by atoms with Gasteiger partial charge in [0.1, 0.15) is 6.67 Å². The van der Waals surface area contributed by atoms with Crippen LogP contribution < -0.4 is 10.6 Å². The van der Waals surface area contributed by atoms with Crippen LogP contribution in [0.4, 0.5) is 8.78 Å². The first-order valence-corrected chi connectivity index (χ1v) is 6.03. The molecule has 0 N–H and O–H groups in total. The molecule has 86 valence electrons. The Morgan fingerprint density at radius 1 is 1.50 bits per heavy atom. The largest absolute Gasteiger partial charge is 0.319 e. The first-order chi connectivity index (χ1) is 7.80. The lowest BCUT2D eigenvalue weighted by atomic mass is 10.2. The summed E-state index contributed by atoms with van der Waals surface area (Å²) in [6.07, 6.45) is 4.96. The van der Waals surface area contributed by atoms with Crippen molar-refractivity contribution in [1.82, 2.24) is 9.88 Å². The molecule has 0 spiro atoms. The minimum absolute atomic E-state index is 0.285. The number of rotatable bonds is 3. The maximum atomic E-state index is 12.8. The molecule has 1 unspecified atom stereocenters. The van der Waals surface area contributed by atoms with Gasteiger partial charge in [-0.15, -0.1) is 11.8 Å². The van der Waals surface area contributed by atoms with E-state index in [0.29, 0.717) is 16.3 Å². The number of halogens is 2. The Balaban J connectivity index is 2.61. The molecule has 1 aromatic rings.